The van der Waals surface area contributed by atoms with Crippen molar-refractivity contribution in [1.82, 2.24) is 25.1 Å². The fourth-order valence-electron chi connectivity index (χ4n) is 3.12. The molecule has 9 heteroatoms. The van der Waals surface area contributed by atoms with Crippen LogP contribution in [-0.4, -0.2) is 57.8 Å². The standard InChI is InChI=1S/C19H20N8O/c20-7-4-8-26-9-11-27(12-10-26)15-13-22-17(21)16(23-15)19-25-24-18(28-19)14-5-2-1-3-6-14/h1-3,5-6,13H,4,8-12H2,(H2,21,22). The molecule has 4 rings (SSSR count). The summed E-state index contributed by atoms with van der Waals surface area (Å²) in [5, 5.41) is 16.9. The molecule has 1 aromatic carbocycles. The molecule has 0 amide bonds. The number of nitrogens with zero attached hydrogens (tertiary/aromatic N) is 7. The number of nitrogens with two attached hydrogens (primary N) is 1. The van der Waals surface area contributed by atoms with Gasteiger partial charge in [-0.15, -0.1) is 10.2 Å². The van der Waals surface area contributed by atoms with Crippen molar-refractivity contribution in [2.45, 2.75) is 6.42 Å². The summed E-state index contributed by atoms with van der Waals surface area (Å²) in [5.41, 5.74) is 7.24. The Morgan fingerprint density at radius 3 is 2.57 bits per heavy atom. The Labute approximate surface area is 162 Å². The fraction of sp³-hybridized carbons (Fsp3) is 0.316. The summed E-state index contributed by atoms with van der Waals surface area (Å²) in [7, 11) is 0. The van der Waals surface area contributed by atoms with Crippen molar-refractivity contribution in [2.24, 2.45) is 0 Å². The van der Waals surface area contributed by atoms with Crippen LogP contribution in [0, 0.1) is 11.3 Å². The van der Waals surface area contributed by atoms with E-state index in [1.165, 1.54) is 0 Å². The average molecular weight is 376 g/mol. The first-order valence-electron chi connectivity index (χ1n) is 9.10. The molecule has 0 atom stereocenters. The van der Waals surface area contributed by atoms with Gasteiger partial charge in [0.05, 0.1) is 12.3 Å². The number of rotatable bonds is 5. The maximum atomic E-state index is 8.73. The number of nitrogen functional groups attached to an aromatic ring is 1. The normalized spacial score (nSPS) is 14.8. The molecule has 0 spiro atoms. The molecule has 1 aliphatic heterocycles. The number of piperazine rings is 1. The summed E-state index contributed by atoms with van der Waals surface area (Å²) in [5.74, 6) is 1.63. The second kappa shape index (κ2) is 8.02. The number of hydrogen-bond donors (Lipinski definition) is 1. The number of anilines is 2. The van der Waals surface area contributed by atoms with Gasteiger partial charge in [0.15, 0.2) is 11.5 Å². The highest BCUT2D eigenvalue weighted by molar-refractivity contribution is 5.65. The van der Waals surface area contributed by atoms with Crippen LogP contribution in [0.15, 0.2) is 40.9 Å². The molecule has 3 heterocycles. The van der Waals surface area contributed by atoms with Crippen molar-refractivity contribution in [3.63, 3.8) is 0 Å². The van der Waals surface area contributed by atoms with Gasteiger partial charge >= 0.3 is 0 Å². The molecule has 3 aromatic rings. The Kier molecular flexibility index (Phi) is 5.12. The van der Waals surface area contributed by atoms with Gasteiger partial charge in [-0.2, -0.15) is 5.26 Å². The summed E-state index contributed by atoms with van der Waals surface area (Å²) in [6, 6.07) is 11.7. The van der Waals surface area contributed by atoms with Crippen LogP contribution >= 0.6 is 0 Å². The minimum Gasteiger partial charge on any atom is -0.414 e. The quantitative estimate of drug-likeness (QED) is 0.710. The van der Waals surface area contributed by atoms with Crippen LogP contribution in [0.4, 0.5) is 11.6 Å². The van der Waals surface area contributed by atoms with Gasteiger partial charge in [-0.05, 0) is 12.1 Å². The van der Waals surface area contributed by atoms with E-state index in [0.717, 1.165) is 44.1 Å². The van der Waals surface area contributed by atoms with Gasteiger partial charge in [0.25, 0.3) is 5.89 Å². The smallest absolute Gasteiger partial charge is 0.270 e. The van der Waals surface area contributed by atoms with Gasteiger partial charge in [-0.25, -0.2) is 9.97 Å². The average Bonchev–Trinajstić information content (AvgIpc) is 3.24. The van der Waals surface area contributed by atoms with E-state index in [1.54, 1.807) is 6.20 Å². The minimum atomic E-state index is 0.248. The van der Waals surface area contributed by atoms with Crippen LogP contribution in [-0.2, 0) is 0 Å². The second-order valence-electron chi connectivity index (χ2n) is 6.48. The van der Waals surface area contributed by atoms with Crippen LogP contribution in [0.2, 0.25) is 0 Å². The van der Waals surface area contributed by atoms with Crippen LogP contribution < -0.4 is 10.6 Å². The third-order valence-corrected chi connectivity index (χ3v) is 4.67. The number of nitriles is 1. The fourth-order valence-corrected chi connectivity index (χ4v) is 3.12. The van der Waals surface area contributed by atoms with Crippen molar-refractivity contribution in [1.29, 1.82) is 5.26 Å². The lowest BCUT2D eigenvalue weighted by atomic mass is 10.2. The number of aromatic nitrogens is 4. The molecule has 2 N–H and O–H groups in total. The third kappa shape index (κ3) is 3.77. The van der Waals surface area contributed by atoms with Gasteiger partial charge in [0.2, 0.25) is 5.89 Å². The van der Waals surface area contributed by atoms with Crippen molar-refractivity contribution < 1.29 is 4.42 Å². The molecular weight excluding hydrogens is 356 g/mol. The summed E-state index contributed by atoms with van der Waals surface area (Å²) < 4.78 is 5.78. The molecule has 9 nitrogen and oxygen atoms in total. The van der Waals surface area contributed by atoms with Crippen molar-refractivity contribution in [2.75, 3.05) is 43.4 Å². The Hall–Kier alpha value is -3.51. The summed E-state index contributed by atoms with van der Waals surface area (Å²) in [6.07, 6.45) is 2.21. The maximum absolute atomic E-state index is 8.73. The highest BCUT2D eigenvalue weighted by Crippen LogP contribution is 2.27. The molecule has 0 saturated carbocycles. The highest BCUT2D eigenvalue weighted by atomic mass is 16.4. The first-order valence-corrected chi connectivity index (χ1v) is 9.10. The lowest BCUT2D eigenvalue weighted by Gasteiger charge is -2.34. The van der Waals surface area contributed by atoms with E-state index >= 15 is 0 Å². The van der Waals surface area contributed by atoms with Crippen molar-refractivity contribution in [3.8, 4) is 29.1 Å². The number of hydrogen-bond acceptors (Lipinski definition) is 9. The van der Waals surface area contributed by atoms with E-state index in [-0.39, 0.29) is 11.7 Å². The van der Waals surface area contributed by atoms with E-state index in [4.69, 9.17) is 15.4 Å². The van der Waals surface area contributed by atoms with Gasteiger partial charge in [-0.3, -0.25) is 4.90 Å². The van der Waals surface area contributed by atoms with Crippen molar-refractivity contribution in [3.05, 3.63) is 36.5 Å². The van der Waals surface area contributed by atoms with Crippen molar-refractivity contribution >= 4 is 11.6 Å². The van der Waals surface area contributed by atoms with E-state index in [1.807, 2.05) is 30.3 Å². The zero-order chi connectivity index (χ0) is 19.3. The third-order valence-electron chi connectivity index (χ3n) is 4.67. The van der Waals surface area contributed by atoms with E-state index in [2.05, 4.69) is 36.0 Å². The Balaban J connectivity index is 1.52. The molecule has 1 saturated heterocycles. The lowest BCUT2D eigenvalue weighted by molar-refractivity contribution is 0.263. The van der Waals surface area contributed by atoms with E-state index in [9.17, 15) is 0 Å². The monoisotopic (exact) mass is 376 g/mol. The summed E-state index contributed by atoms with van der Waals surface area (Å²) >= 11 is 0. The molecule has 0 aliphatic carbocycles. The van der Waals surface area contributed by atoms with Crippen LogP contribution in [0.1, 0.15) is 6.42 Å². The largest absolute Gasteiger partial charge is 0.414 e. The summed E-state index contributed by atoms with van der Waals surface area (Å²) in [6.45, 7) is 4.17. The van der Waals surface area contributed by atoms with E-state index < -0.39 is 0 Å². The molecular formula is C19H20N8O. The number of benzene rings is 1. The molecule has 142 valence electrons. The Morgan fingerprint density at radius 1 is 1.07 bits per heavy atom. The summed E-state index contributed by atoms with van der Waals surface area (Å²) in [4.78, 5) is 13.3. The zero-order valence-corrected chi connectivity index (χ0v) is 15.3. The first-order chi connectivity index (χ1) is 13.7. The molecule has 28 heavy (non-hydrogen) atoms. The second-order valence-corrected chi connectivity index (χ2v) is 6.48. The highest BCUT2D eigenvalue weighted by Gasteiger charge is 2.21. The van der Waals surface area contributed by atoms with Crippen LogP contribution in [0.25, 0.3) is 23.0 Å². The van der Waals surface area contributed by atoms with E-state index in [0.29, 0.717) is 18.0 Å². The molecule has 0 radical (unpaired) electrons. The van der Waals surface area contributed by atoms with Gasteiger partial charge < -0.3 is 15.1 Å². The van der Waals surface area contributed by atoms with Crippen LogP contribution in [0.5, 0.6) is 0 Å². The molecule has 0 bridgehead atoms. The van der Waals surface area contributed by atoms with Gasteiger partial charge in [0, 0.05) is 44.7 Å². The molecule has 1 fully saturated rings. The van der Waals surface area contributed by atoms with Gasteiger partial charge in [0.1, 0.15) is 5.82 Å². The topological polar surface area (TPSA) is 121 Å². The SMILES string of the molecule is N#CCCN1CCN(c2cnc(N)c(-c3nnc(-c4ccccc4)o3)n2)CC1. The first kappa shape index (κ1) is 17.9. The molecule has 2 aromatic heterocycles. The van der Waals surface area contributed by atoms with Gasteiger partial charge in [-0.1, -0.05) is 18.2 Å². The Morgan fingerprint density at radius 2 is 1.82 bits per heavy atom. The predicted molar refractivity (Wildman–Crippen MR) is 104 cm³/mol. The molecule has 0 unspecified atom stereocenters. The Bertz CT molecular complexity index is 973. The lowest BCUT2D eigenvalue weighted by Crippen LogP contribution is -2.47. The maximum Gasteiger partial charge on any atom is 0.270 e. The van der Waals surface area contributed by atoms with Crippen LogP contribution in [0.3, 0.4) is 0 Å². The zero-order valence-electron chi connectivity index (χ0n) is 15.3. The predicted octanol–water partition coefficient (Wildman–Crippen LogP) is 1.81. The molecule has 1 aliphatic rings. The minimum absolute atomic E-state index is 0.248.